The molecule has 60 valence electrons. The van der Waals surface area contributed by atoms with Gasteiger partial charge in [0.05, 0.1) is 0 Å². The Morgan fingerprint density at radius 2 is 2.30 bits per heavy atom. The van der Waals surface area contributed by atoms with Crippen LogP contribution in [0.2, 0.25) is 0 Å². The van der Waals surface area contributed by atoms with E-state index in [1.807, 2.05) is 6.92 Å². The van der Waals surface area contributed by atoms with Gasteiger partial charge in [0, 0.05) is 7.11 Å². The lowest BCUT2D eigenvalue weighted by Crippen LogP contribution is -2.27. The van der Waals surface area contributed by atoms with Crippen LogP contribution >= 0.6 is 0 Å². The van der Waals surface area contributed by atoms with Gasteiger partial charge in [-0.2, -0.15) is 0 Å². The summed E-state index contributed by atoms with van der Waals surface area (Å²) in [5.74, 6) is 0.365. The van der Waals surface area contributed by atoms with Gasteiger partial charge in [-0.25, -0.2) is 0 Å². The summed E-state index contributed by atoms with van der Waals surface area (Å²) in [5.41, 5.74) is 5.41. The van der Waals surface area contributed by atoms with Crippen molar-refractivity contribution in [2.75, 3.05) is 13.7 Å². The summed E-state index contributed by atoms with van der Waals surface area (Å²) in [7, 11) is 1.57. The molecule has 0 rings (SSSR count). The molecule has 0 aliphatic heterocycles. The highest BCUT2D eigenvalue weighted by molar-refractivity contribution is 5.83. The van der Waals surface area contributed by atoms with Crippen LogP contribution < -0.4 is 5.73 Å². The Kier molecular flexibility index (Phi) is 4.66. The van der Waals surface area contributed by atoms with E-state index in [0.29, 0.717) is 12.4 Å². The van der Waals surface area contributed by atoms with E-state index in [0.717, 1.165) is 0 Å². The first kappa shape index (κ1) is 9.23. The second-order valence-corrected chi connectivity index (χ2v) is 1.81. The minimum atomic E-state index is -0.174. The molecule has 0 saturated carbocycles. The van der Waals surface area contributed by atoms with Crippen LogP contribution in [0, 0.1) is 0 Å². The summed E-state index contributed by atoms with van der Waals surface area (Å²) >= 11 is 0. The third kappa shape index (κ3) is 3.29. The van der Waals surface area contributed by atoms with Crippen LogP contribution in [0.4, 0.5) is 0 Å². The molecule has 0 aliphatic carbocycles. The van der Waals surface area contributed by atoms with E-state index in [1.54, 1.807) is 14.0 Å². The number of hydrogen-bond donors (Lipinski definition) is 1. The molecule has 0 aromatic rings. The Morgan fingerprint density at radius 1 is 1.70 bits per heavy atom. The Bertz CT molecular complexity index is 114. The van der Waals surface area contributed by atoms with Crippen molar-refractivity contribution >= 4 is 5.84 Å². The van der Waals surface area contributed by atoms with Gasteiger partial charge in [0.15, 0.2) is 5.84 Å². The molecule has 10 heavy (non-hydrogen) atoms. The molecule has 0 aromatic carbocycles. The van der Waals surface area contributed by atoms with Gasteiger partial charge >= 0.3 is 0 Å². The first-order valence-electron chi connectivity index (χ1n) is 3.20. The minimum absolute atomic E-state index is 0.174. The minimum Gasteiger partial charge on any atom is -0.395 e. The van der Waals surface area contributed by atoms with E-state index in [-0.39, 0.29) is 6.10 Å². The molecule has 2 N–H and O–H groups in total. The van der Waals surface area contributed by atoms with Gasteiger partial charge in [0.1, 0.15) is 12.7 Å². The summed E-state index contributed by atoms with van der Waals surface area (Å²) in [6.07, 6.45) is -0.174. The fourth-order valence-electron chi connectivity index (χ4n) is 0.334. The Labute approximate surface area is 61.0 Å². The van der Waals surface area contributed by atoms with Crippen LogP contribution in [0.25, 0.3) is 0 Å². The third-order valence-corrected chi connectivity index (χ3v) is 1.07. The Morgan fingerprint density at radius 3 is 2.70 bits per heavy atom. The van der Waals surface area contributed by atoms with E-state index in [4.69, 9.17) is 15.3 Å². The van der Waals surface area contributed by atoms with Gasteiger partial charge in [-0.3, -0.25) is 0 Å². The third-order valence-electron chi connectivity index (χ3n) is 1.07. The second kappa shape index (κ2) is 5.05. The molecule has 1 atom stereocenters. The molecule has 0 aliphatic rings. The van der Waals surface area contributed by atoms with E-state index in [9.17, 15) is 0 Å². The van der Waals surface area contributed by atoms with Crippen molar-refractivity contribution < 1.29 is 9.57 Å². The van der Waals surface area contributed by atoms with Crippen LogP contribution in [0.1, 0.15) is 13.8 Å². The van der Waals surface area contributed by atoms with Gasteiger partial charge in [0.25, 0.3) is 0 Å². The van der Waals surface area contributed by atoms with Crippen molar-refractivity contribution in [3.05, 3.63) is 0 Å². The molecule has 0 bridgehead atoms. The van der Waals surface area contributed by atoms with Gasteiger partial charge in [-0.15, -0.1) is 0 Å². The number of methoxy groups -OCH3 is 1. The number of amidine groups is 1. The molecule has 0 saturated heterocycles. The molecule has 4 nitrogen and oxygen atoms in total. The van der Waals surface area contributed by atoms with Gasteiger partial charge in [-0.1, -0.05) is 5.16 Å². The Hall–Kier alpha value is -0.770. The molecular formula is C6H14N2O2. The first-order valence-corrected chi connectivity index (χ1v) is 3.20. The zero-order chi connectivity index (χ0) is 7.98. The summed E-state index contributed by atoms with van der Waals surface area (Å²) in [5, 5.41) is 3.58. The summed E-state index contributed by atoms with van der Waals surface area (Å²) in [6, 6.07) is 0. The fourth-order valence-corrected chi connectivity index (χ4v) is 0.334. The monoisotopic (exact) mass is 146 g/mol. The lowest BCUT2D eigenvalue weighted by atomic mass is 10.4. The number of oxime groups is 1. The summed E-state index contributed by atoms with van der Waals surface area (Å²) in [6.45, 7) is 4.17. The highest BCUT2D eigenvalue weighted by Crippen LogP contribution is 1.87. The van der Waals surface area contributed by atoms with Crippen LogP contribution in [-0.4, -0.2) is 25.7 Å². The predicted molar refractivity (Wildman–Crippen MR) is 39.7 cm³/mol. The molecule has 0 heterocycles. The summed E-state index contributed by atoms with van der Waals surface area (Å²) < 4.78 is 4.87. The van der Waals surface area contributed by atoms with E-state index in [1.165, 1.54) is 0 Å². The van der Waals surface area contributed by atoms with Crippen molar-refractivity contribution in [2.24, 2.45) is 10.9 Å². The SMILES string of the molecule is CCO/N=C(\N)C(C)OC. The van der Waals surface area contributed by atoms with Gasteiger partial charge < -0.3 is 15.3 Å². The summed E-state index contributed by atoms with van der Waals surface area (Å²) in [4.78, 5) is 4.70. The standard InChI is InChI=1S/C6H14N2O2/c1-4-10-8-6(7)5(2)9-3/h5H,4H2,1-3H3,(H2,7,8). The molecule has 4 heteroatoms. The zero-order valence-corrected chi connectivity index (χ0v) is 6.63. The molecule has 1 unspecified atom stereocenters. The normalized spacial score (nSPS) is 14.9. The lowest BCUT2D eigenvalue weighted by molar-refractivity contribution is 0.138. The largest absolute Gasteiger partial charge is 0.395 e. The van der Waals surface area contributed by atoms with E-state index >= 15 is 0 Å². The van der Waals surface area contributed by atoms with E-state index < -0.39 is 0 Å². The number of nitrogens with zero attached hydrogens (tertiary/aromatic N) is 1. The van der Waals surface area contributed by atoms with Crippen LogP contribution in [0.3, 0.4) is 0 Å². The van der Waals surface area contributed by atoms with Crippen molar-refractivity contribution in [3.63, 3.8) is 0 Å². The maximum Gasteiger partial charge on any atom is 0.168 e. The van der Waals surface area contributed by atoms with Gasteiger partial charge in [0.2, 0.25) is 0 Å². The smallest absolute Gasteiger partial charge is 0.168 e. The Balaban J connectivity index is 3.67. The number of ether oxygens (including phenoxy) is 1. The topological polar surface area (TPSA) is 56.8 Å². The highest BCUT2D eigenvalue weighted by Gasteiger charge is 2.03. The van der Waals surface area contributed by atoms with Crippen molar-refractivity contribution in [1.82, 2.24) is 0 Å². The lowest BCUT2D eigenvalue weighted by Gasteiger charge is -2.06. The maximum absolute atomic E-state index is 5.41. The molecule has 0 fully saturated rings. The number of nitrogens with two attached hydrogens (primary N) is 1. The van der Waals surface area contributed by atoms with Crippen LogP contribution in [-0.2, 0) is 9.57 Å². The molecule has 0 aromatic heterocycles. The molecular weight excluding hydrogens is 132 g/mol. The zero-order valence-electron chi connectivity index (χ0n) is 6.63. The van der Waals surface area contributed by atoms with Crippen molar-refractivity contribution in [3.8, 4) is 0 Å². The average Bonchev–Trinajstić information content (AvgIpc) is 1.98. The average molecular weight is 146 g/mol. The quantitative estimate of drug-likeness (QED) is 0.353. The highest BCUT2D eigenvalue weighted by atomic mass is 16.6. The second-order valence-electron chi connectivity index (χ2n) is 1.81. The molecule has 0 amide bonds. The van der Waals surface area contributed by atoms with Crippen molar-refractivity contribution in [1.29, 1.82) is 0 Å². The number of rotatable bonds is 4. The van der Waals surface area contributed by atoms with E-state index in [2.05, 4.69) is 5.16 Å². The van der Waals surface area contributed by atoms with Crippen LogP contribution in [0.15, 0.2) is 5.16 Å². The predicted octanol–water partition coefficient (Wildman–Crippen LogP) is 0.330. The van der Waals surface area contributed by atoms with Gasteiger partial charge in [-0.05, 0) is 13.8 Å². The van der Waals surface area contributed by atoms with Crippen molar-refractivity contribution in [2.45, 2.75) is 20.0 Å². The molecule has 0 radical (unpaired) electrons. The maximum atomic E-state index is 5.41. The van der Waals surface area contributed by atoms with Crippen LogP contribution in [0.5, 0.6) is 0 Å². The first-order chi connectivity index (χ1) is 4.72. The molecule has 0 spiro atoms. The fraction of sp³-hybridized carbons (Fsp3) is 0.833. The number of hydrogen-bond acceptors (Lipinski definition) is 3.